The SMILES string of the molecule is O=C(/C=C/c1cccc(Br)c1)C1CCC1. The molecule has 0 saturated heterocycles. The third-order valence-corrected chi connectivity index (χ3v) is 3.29. The number of carbonyl (C=O) groups excluding carboxylic acids is 1. The van der Waals surface area contributed by atoms with Crippen molar-refractivity contribution in [1.82, 2.24) is 0 Å². The Labute approximate surface area is 98.3 Å². The Bertz CT molecular complexity index is 391. The monoisotopic (exact) mass is 264 g/mol. The first-order chi connectivity index (χ1) is 7.25. The highest BCUT2D eigenvalue weighted by Gasteiger charge is 2.22. The van der Waals surface area contributed by atoms with E-state index in [1.54, 1.807) is 6.08 Å². The molecule has 0 aromatic heterocycles. The van der Waals surface area contributed by atoms with Crippen molar-refractivity contribution in [3.05, 3.63) is 40.4 Å². The first kappa shape index (κ1) is 10.6. The van der Waals surface area contributed by atoms with E-state index >= 15 is 0 Å². The lowest BCUT2D eigenvalue weighted by atomic mass is 9.82. The van der Waals surface area contributed by atoms with Gasteiger partial charge in [-0.05, 0) is 36.6 Å². The zero-order chi connectivity index (χ0) is 10.7. The van der Waals surface area contributed by atoms with Gasteiger partial charge in [0.2, 0.25) is 0 Å². The van der Waals surface area contributed by atoms with E-state index in [-0.39, 0.29) is 5.78 Å². The highest BCUT2D eigenvalue weighted by atomic mass is 79.9. The van der Waals surface area contributed by atoms with Crippen LogP contribution in [0.4, 0.5) is 0 Å². The Hall–Kier alpha value is -0.890. The summed E-state index contributed by atoms with van der Waals surface area (Å²) in [5.74, 6) is 0.578. The zero-order valence-corrected chi connectivity index (χ0v) is 10.0. The summed E-state index contributed by atoms with van der Waals surface area (Å²) in [6.07, 6.45) is 6.96. The van der Waals surface area contributed by atoms with Crippen molar-refractivity contribution in [3.8, 4) is 0 Å². The van der Waals surface area contributed by atoms with E-state index in [0.717, 1.165) is 22.9 Å². The molecule has 78 valence electrons. The predicted octanol–water partition coefficient (Wildman–Crippen LogP) is 3.83. The van der Waals surface area contributed by atoms with Crippen molar-refractivity contribution in [2.75, 3.05) is 0 Å². The van der Waals surface area contributed by atoms with Crippen LogP contribution in [0.15, 0.2) is 34.8 Å². The van der Waals surface area contributed by atoms with E-state index in [2.05, 4.69) is 15.9 Å². The number of hydrogen-bond donors (Lipinski definition) is 0. The molecular formula is C13H13BrO. The van der Waals surface area contributed by atoms with E-state index in [1.807, 2.05) is 30.3 Å². The Balaban J connectivity index is 2.01. The summed E-state index contributed by atoms with van der Waals surface area (Å²) in [7, 11) is 0. The molecule has 2 rings (SSSR count). The van der Waals surface area contributed by atoms with E-state index < -0.39 is 0 Å². The number of carbonyl (C=O) groups is 1. The van der Waals surface area contributed by atoms with Crippen LogP contribution in [0, 0.1) is 5.92 Å². The van der Waals surface area contributed by atoms with Gasteiger partial charge in [-0.1, -0.05) is 40.6 Å². The van der Waals surface area contributed by atoms with Crippen molar-refractivity contribution in [3.63, 3.8) is 0 Å². The van der Waals surface area contributed by atoms with Crippen LogP contribution in [0.2, 0.25) is 0 Å². The summed E-state index contributed by atoms with van der Waals surface area (Å²) in [5.41, 5.74) is 1.07. The molecule has 0 spiro atoms. The third-order valence-electron chi connectivity index (χ3n) is 2.80. The molecule has 1 fully saturated rings. The summed E-state index contributed by atoms with van der Waals surface area (Å²) < 4.78 is 1.04. The van der Waals surface area contributed by atoms with Gasteiger partial charge in [0.05, 0.1) is 0 Å². The van der Waals surface area contributed by atoms with Crippen molar-refractivity contribution in [2.24, 2.45) is 5.92 Å². The maximum Gasteiger partial charge on any atom is 0.158 e. The predicted molar refractivity (Wildman–Crippen MR) is 65.5 cm³/mol. The van der Waals surface area contributed by atoms with Crippen LogP contribution in [0.5, 0.6) is 0 Å². The molecule has 1 aliphatic carbocycles. The van der Waals surface area contributed by atoms with Gasteiger partial charge in [-0.25, -0.2) is 0 Å². The summed E-state index contributed by atoms with van der Waals surface area (Å²) in [6.45, 7) is 0. The van der Waals surface area contributed by atoms with Gasteiger partial charge in [0.1, 0.15) is 0 Å². The molecule has 0 N–H and O–H groups in total. The molecule has 0 aliphatic heterocycles. The van der Waals surface area contributed by atoms with Gasteiger partial charge in [0.25, 0.3) is 0 Å². The van der Waals surface area contributed by atoms with Gasteiger partial charge in [0.15, 0.2) is 5.78 Å². The van der Waals surface area contributed by atoms with Crippen molar-refractivity contribution >= 4 is 27.8 Å². The number of allylic oxidation sites excluding steroid dienone is 1. The second-order valence-corrected chi connectivity index (χ2v) is 4.83. The minimum Gasteiger partial charge on any atom is -0.295 e. The minimum atomic E-state index is 0.279. The van der Waals surface area contributed by atoms with Crippen molar-refractivity contribution in [1.29, 1.82) is 0 Å². The van der Waals surface area contributed by atoms with E-state index in [4.69, 9.17) is 0 Å². The average molecular weight is 265 g/mol. The lowest BCUT2D eigenvalue weighted by molar-refractivity contribution is -0.120. The number of halogens is 1. The van der Waals surface area contributed by atoms with E-state index in [0.29, 0.717) is 5.92 Å². The molecule has 0 bridgehead atoms. The zero-order valence-electron chi connectivity index (χ0n) is 8.45. The van der Waals surface area contributed by atoms with Gasteiger partial charge in [-0.15, -0.1) is 0 Å². The standard InChI is InChI=1S/C13H13BrO/c14-12-6-1-3-10(9-12)7-8-13(15)11-4-2-5-11/h1,3,6-9,11H,2,4-5H2/b8-7+. The molecule has 0 amide bonds. The highest BCUT2D eigenvalue weighted by Crippen LogP contribution is 2.27. The maximum atomic E-state index is 11.6. The van der Waals surface area contributed by atoms with Crippen LogP contribution in [0.1, 0.15) is 24.8 Å². The number of benzene rings is 1. The van der Waals surface area contributed by atoms with Crippen LogP contribution < -0.4 is 0 Å². The fourth-order valence-electron chi connectivity index (χ4n) is 1.62. The average Bonchev–Trinajstić information content (AvgIpc) is 2.12. The van der Waals surface area contributed by atoms with Gasteiger partial charge < -0.3 is 0 Å². The molecule has 0 heterocycles. The molecule has 15 heavy (non-hydrogen) atoms. The molecule has 2 heteroatoms. The maximum absolute atomic E-state index is 11.6. The minimum absolute atomic E-state index is 0.279. The molecule has 0 radical (unpaired) electrons. The highest BCUT2D eigenvalue weighted by molar-refractivity contribution is 9.10. The van der Waals surface area contributed by atoms with Gasteiger partial charge in [-0.3, -0.25) is 4.79 Å². The normalized spacial score (nSPS) is 16.6. The molecule has 1 aromatic rings. The number of hydrogen-bond acceptors (Lipinski definition) is 1. The second-order valence-electron chi connectivity index (χ2n) is 3.92. The fourth-order valence-corrected chi connectivity index (χ4v) is 2.03. The lowest BCUT2D eigenvalue weighted by Gasteiger charge is -2.21. The lowest BCUT2D eigenvalue weighted by Crippen LogP contribution is -2.19. The van der Waals surface area contributed by atoms with E-state index in [9.17, 15) is 4.79 Å². The Morgan fingerprint density at radius 3 is 2.80 bits per heavy atom. The van der Waals surface area contributed by atoms with Crippen LogP contribution >= 0.6 is 15.9 Å². The second kappa shape index (κ2) is 4.75. The molecule has 1 aromatic carbocycles. The first-order valence-corrected chi connectivity index (χ1v) is 6.02. The quantitative estimate of drug-likeness (QED) is 0.759. The van der Waals surface area contributed by atoms with E-state index in [1.165, 1.54) is 6.42 Å². The molecular weight excluding hydrogens is 252 g/mol. The van der Waals surface area contributed by atoms with Crippen molar-refractivity contribution in [2.45, 2.75) is 19.3 Å². The molecule has 1 saturated carbocycles. The van der Waals surface area contributed by atoms with Crippen LogP contribution in [-0.4, -0.2) is 5.78 Å². The Morgan fingerprint density at radius 2 is 2.20 bits per heavy atom. The topological polar surface area (TPSA) is 17.1 Å². The summed E-state index contributed by atoms with van der Waals surface area (Å²) in [6, 6.07) is 7.95. The summed E-state index contributed by atoms with van der Waals surface area (Å²) in [5, 5.41) is 0. The van der Waals surface area contributed by atoms with Crippen LogP contribution in [0.3, 0.4) is 0 Å². The summed E-state index contributed by atoms with van der Waals surface area (Å²) in [4.78, 5) is 11.6. The number of rotatable bonds is 3. The largest absolute Gasteiger partial charge is 0.295 e. The first-order valence-electron chi connectivity index (χ1n) is 5.23. The fraction of sp³-hybridized carbons (Fsp3) is 0.308. The van der Waals surface area contributed by atoms with Crippen LogP contribution in [-0.2, 0) is 4.79 Å². The molecule has 0 unspecified atom stereocenters. The summed E-state index contributed by atoms with van der Waals surface area (Å²) >= 11 is 3.40. The molecule has 1 aliphatic rings. The Kier molecular flexibility index (Phi) is 3.37. The van der Waals surface area contributed by atoms with Gasteiger partial charge in [-0.2, -0.15) is 0 Å². The number of ketones is 1. The smallest absolute Gasteiger partial charge is 0.158 e. The third kappa shape index (κ3) is 2.78. The van der Waals surface area contributed by atoms with Crippen LogP contribution in [0.25, 0.3) is 6.08 Å². The molecule has 0 atom stereocenters. The Morgan fingerprint density at radius 1 is 1.40 bits per heavy atom. The molecule has 1 nitrogen and oxygen atoms in total. The van der Waals surface area contributed by atoms with Crippen molar-refractivity contribution < 1.29 is 4.79 Å². The van der Waals surface area contributed by atoms with Gasteiger partial charge in [0, 0.05) is 10.4 Å². The van der Waals surface area contributed by atoms with Gasteiger partial charge >= 0.3 is 0 Å².